The second kappa shape index (κ2) is 6.08. The third-order valence-electron chi connectivity index (χ3n) is 2.35. The van der Waals surface area contributed by atoms with Crippen molar-refractivity contribution < 1.29 is 0 Å². The Morgan fingerprint density at radius 3 is 2.80 bits per heavy atom. The Balaban J connectivity index is 1.47. The molecule has 1 heterocycles. The van der Waals surface area contributed by atoms with Crippen molar-refractivity contribution in [1.29, 1.82) is 0 Å². The van der Waals surface area contributed by atoms with E-state index in [1.165, 1.54) is 32.2 Å². The van der Waals surface area contributed by atoms with Gasteiger partial charge in [0, 0.05) is 24.2 Å². The van der Waals surface area contributed by atoms with Gasteiger partial charge in [-0.1, -0.05) is 11.8 Å². The zero-order valence-corrected chi connectivity index (χ0v) is 9.67. The SMILES string of the molecule is c1cnc(SCCCCNC2CC2)nc1. The summed E-state index contributed by atoms with van der Waals surface area (Å²) in [4.78, 5) is 8.34. The van der Waals surface area contributed by atoms with Crippen LogP contribution in [0.5, 0.6) is 0 Å². The van der Waals surface area contributed by atoms with Gasteiger partial charge >= 0.3 is 0 Å². The van der Waals surface area contributed by atoms with Gasteiger partial charge in [0.05, 0.1) is 0 Å². The van der Waals surface area contributed by atoms with Gasteiger partial charge in [-0.05, 0) is 38.3 Å². The van der Waals surface area contributed by atoms with Crippen molar-refractivity contribution in [3.63, 3.8) is 0 Å². The number of thioether (sulfide) groups is 1. The second-order valence-corrected chi connectivity index (χ2v) is 4.88. The topological polar surface area (TPSA) is 37.8 Å². The Morgan fingerprint density at radius 1 is 1.27 bits per heavy atom. The van der Waals surface area contributed by atoms with Crippen molar-refractivity contribution in [3.8, 4) is 0 Å². The molecule has 0 unspecified atom stereocenters. The fourth-order valence-electron chi connectivity index (χ4n) is 1.34. The molecule has 0 atom stereocenters. The van der Waals surface area contributed by atoms with Crippen molar-refractivity contribution in [2.75, 3.05) is 12.3 Å². The van der Waals surface area contributed by atoms with E-state index in [-0.39, 0.29) is 0 Å². The van der Waals surface area contributed by atoms with Crippen LogP contribution in [-0.2, 0) is 0 Å². The average Bonchev–Trinajstić information content (AvgIpc) is 3.09. The number of nitrogens with one attached hydrogen (secondary N) is 1. The van der Waals surface area contributed by atoms with Gasteiger partial charge < -0.3 is 5.32 Å². The van der Waals surface area contributed by atoms with Crippen LogP contribution in [0.15, 0.2) is 23.6 Å². The molecule has 82 valence electrons. The Morgan fingerprint density at radius 2 is 2.07 bits per heavy atom. The van der Waals surface area contributed by atoms with E-state index in [1.807, 2.05) is 6.07 Å². The van der Waals surface area contributed by atoms with Gasteiger partial charge in [0.15, 0.2) is 5.16 Å². The van der Waals surface area contributed by atoms with Crippen LogP contribution in [-0.4, -0.2) is 28.3 Å². The number of aromatic nitrogens is 2. The van der Waals surface area contributed by atoms with Crippen LogP contribution in [0.1, 0.15) is 25.7 Å². The van der Waals surface area contributed by atoms with Gasteiger partial charge in [-0.3, -0.25) is 0 Å². The molecule has 15 heavy (non-hydrogen) atoms. The molecular formula is C11H17N3S. The summed E-state index contributed by atoms with van der Waals surface area (Å²) >= 11 is 1.74. The molecular weight excluding hydrogens is 206 g/mol. The Kier molecular flexibility index (Phi) is 4.41. The number of nitrogens with zero attached hydrogens (tertiary/aromatic N) is 2. The molecule has 1 aromatic heterocycles. The van der Waals surface area contributed by atoms with Crippen LogP contribution < -0.4 is 5.32 Å². The van der Waals surface area contributed by atoms with Gasteiger partial charge in [-0.2, -0.15) is 0 Å². The first-order chi connectivity index (χ1) is 7.45. The maximum atomic E-state index is 4.17. The standard InChI is InChI=1S/C11H17N3S/c1(6-12-10-4-5-10)2-9-15-11-13-7-3-8-14-11/h3,7-8,10,12H,1-2,4-6,9H2. The third-order valence-corrected chi connectivity index (χ3v) is 3.32. The summed E-state index contributed by atoms with van der Waals surface area (Å²) in [5.41, 5.74) is 0. The molecule has 0 aliphatic heterocycles. The number of rotatable bonds is 7. The average molecular weight is 223 g/mol. The highest BCUT2D eigenvalue weighted by Gasteiger charge is 2.19. The molecule has 0 saturated heterocycles. The Labute approximate surface area is 95.1 Å². The van der Waals surface area contributed by atoms with Crippen molar-refractivity contribution >= 4 is 11.8 Å². The van der Waals surface area contributed by atoms with Crippen LogP contribution in [0.2, 0.25) is 0 Å². The van der Waals surface area contributed by atoms with E-state index >= 15 is 0 Å². The lowest BCUT2D eigenvalue weighted by Crippen LogP contribution is -2.17. The number of hydrogen-bond acceptors (Lipinski definition) is 4. The molecule has 2 rings (SSSR count). The fourth-order valence-corrected chi connectivity index (χ4v) is 2.15. The van der Waals surface area contributed by atoms with Crippen LogP contribution in [0, 0.1) is 0 Å². The minimum Gasteiger partial charge on any atom is -0.314 e. The van der Waals surface area contributed by atoms with Crippen LogP contribution in [0.25, 0.3) is 0 Å². The quantitative estimate of drug-likeness (QED) is 0.436. The zero-order chi connectivity index (χ0) is 10.3. The molecule has 1 aliphatic rings. The normalized spacial score (nSPS) is 15.5. The molecule has 0 amide bonds. The van der Waals surface area contributed by atoms with Crippen molar-refractivity contribution in [2.45, 2.75) is 36.9 Å². The summed E-state index contributed by atoms with van der Waals surface area (Å²) in [6, 6.07) is 2.69. The molecule has 3 nitrogen and oxygen atoms in total. The summed E-state index contributed by atoms with van der Waals surface area (Å²) in [7, 11) is 0. The molecule has 1 fully saturated rings. The molecule has 1 N–H and O–H groups in total. The van der Waals surface area contributed by atoms with E-state index in [9.17, 15) is 0 Å². The van der Waals surface area contributed by atoms with Gasteiger partial charge in [0.2, 0.25) is 0 Å². The van der Waals surface area contributed by atoms with E-state index in [2.05, 4.69) is 15.3 Å². The maximum absolute atomic E-state index is 4.17. The highest BCUT2D eigenvalue weighted by atomic mass is 32.2. The van der Waals surface area contributed by atoms with Crippen LogP contribution >= 0.6 is 11.8 Å². The third kappa shape index (κ3) is 4.62. The summed E-state index contributed by atoms with van der Waals surface area (Å²) in [5.74, 6) is 1.12. The predicted octanol–water partition coefficient (Wildman–Crippen LogP) is 2.10. The molecule has 0 aromatic carbocycles. The van der Waals surface area contributed by atoms with Crippen molar-refractivity contribution in [2.24, 2.45) is 0 Å². The molecule has 0 spiro atoms. The fraction of sp³-hybridized carbons (Fsp3) is 0.636. The van der Waals surface area contributed by atoms with Gasteiger partial charge in [-0.25, -0.2) is 9.97 Å². The number of unbranched alkanes of at least 4 members (excludes halogenated alkanes) is 1. The Bertz CT molecular complexity index is 274. The van der Waals surface area contributed by atoms with Gasteiger partial charge in [0.25, 0.3) is 0 Å². The predicted molar refractivity (Wildman–Crippen MR) is 63.0 cm³/mol. The maximum Gasteiger partial charge on any atom is 0.187 e. The first-order valence-corrected chi connectivity index (χ1v) is 6.57. The monoisotopic (exact) mass is 223 g/mol. The number of hydrogen-bond donors (Lipinski definition) is 1. The lowest BCUT2D eigenvalue weighted by atomic mass is 10.3. The molecule has 0 radical (unpaired) electrons. The lowest BCUT2D eigenvalue weighted by Gasteiger charge is -2.01. The smallest absolute Gasteiger partial charge is 0.187 e. The first kappa shape index (κ1) is 10.9. The van der Waals surface area contributed by atoms with Crippen LogP contribution in [0.4, 0.5) is 0 Å². The van der Waals surface area contributed by atoms with E-state index in [0.717, 1.165) is 17.0 Å². The molecule has 0 bridgehead atoms. The molecule has 1 saturated carbocycles. The largest absolute Gasteiger partial charge is 0.314 e. The minimum atomic E-state index is 0.843. The summed E-state index contributed by atoms with van der Waals surface area (Å²) in [6.45, 7) is 1.17. The van der Waals surface area contributed by atoms with Gasteiger partial charge in [-0.15, -0.1) is 0 Å². The highest BCUT2D eigenvalue weighted by Crippen LogP contribution is 2.18. The zero-order valence-electron chi connectivity index (χ0n) is 8.85. The van der Waals surface area contributed by atoms with E-state index in [4.69, 9.17) is 0 Å². The van der Waals surface area contributed by atoms with E-state index in [1.54, 1.807) is 24.2 Å². The summed E-state index contributed by atoms with van der Waals surface area (Å²) < 4.78 is 0. The summed E-state index contributed by atoms with van der Waals surface area (Å²) in [5, 5.41) is 4.41. The van der Waals surface area contributed by atoms with Gasteiger partial charge in [0.1, 0.15) is 0 Å². The van der Waals surface area contributed by atoms with Crippen molar-refractivity contribution in [3.05, 3.63) is 18.5 Å². The summed E-state index contributed by atoms with van der Waals surface area (Å²) in [6.07, 6.45) is 8.85. The van der Waals surface area contributed by atoms with Crippen molar-refractivity contribution in [1.82, 2.24) is 15.3 Å². The van der Waals surface area contributed by atoms with E-state index < -0.39 is 0 Å². The molecule has 4 heteroatoms. The van der Waals surface area contributed by atoms with E-state index in [0.29, 0.717) is 0 Å². The highest BCUT2D eigenvalue weighted by molar-refractivity contribution is 7.99. The minimum absolute atomic E-state index is 0.843. The van der Waals surface area contributed by atoms with Crippen LogP contribution in [0.3, 0.4) is 0 Å². The molecule has 1 aromatic rings. The lowest BCUT2D eigenvalue weighted by molar-refractivity contribution is 0.640. The first-order valence-electron chi connectivity index (χ1n) is 5.58. The second-order valence-electron chi connectivity index (χ2n) is 3.82. The Hall–Kier alpha value is -0.610. The molecule has 1 aliphatic carbocycles.